The summed E-state index contributed by atoms with van der Waals surface area (Å²) >= 11 is 0. The van der Waals surface area contributed by atoms with Gasteiger partial charge in [0.1, 0.15) is 5.75 Å². The first-order valence-corrected chi connectivity index (χ1v) is 9.35. The highest BCUT2D eigenvalue weighted by Gasteiger charge is 2.27. The zero-order valence-electron chi connectivity index (χ0n) is 15.4. The van der Waals surface area contributed by atoms with E-state index in [1.165, 1.54) is 6.42 Å². The molecule has 1 unspecified atom stereocenters. The SMILES string of the molecule is CCOc1ccc(Nc2ccc(C(=O)N3CCCCC3CC)nn2)cc1. The van der Waals surface area contributed by atoms with Crippen LogP contribution < -0.4 is 10.1 Å². The highest BCUT2D eigenvalue weighted by Crippen LogP contribution is 2.22. The van der Waals surface area contributed by atoms with Gasteiger partial charge in [0.2, 0.25) is 0 Å². The number of ether oxygens (including phenoxy) is 1. The lowest BCUT2D eigenvalue weighted by molar-refractivity contribution is 0.0601. The van der Waals surface area contributed by atoms with Gasteiger partial charge in [-0.2, -0.15) is 0 Å². The van der Waals surface area contributed by atoms with E-state index in [4.69, 9.17) is 4.74 Å². The molecule has 3 rings (SSSR count). The summed E-state index contributed by atoms with van der Waals surface area (Å²) in [6, 6.07) is 11.5. The third-order valence-corrected chi connectivity index (χ3v) is 4.68. The molecule has 1 saturated heterocycles. The van der Waals surface area contributed by atoms with Crippen LogP contribution in [0, 0.1) is 0 Å². The fourth-order valence-electron chi connectivity index (χ4n) is 3.30. The summed E-state index contributed by atoms with van der Waals surface area (Å²) in [5, 5.41) is 11.5. The van der Waals surface area contributed by atoms with Crippen LogP contribution in [0.1, 0.15) is 50.0 Å². The molecule has 1 fully saturated rings. The summed E-state index contributed by atoms with van der Waals surface area (Å²) < 4.78 is 5.43. The molecule has 0 aliphatic carbocycles. The summed E-state index contributed by atoms with van der Waals surface area (Å²) in [6.07, 6.45) is 4.32. The second-order valence-corrected chi connectivity index (χ2v) is 6.44. The van der Waals surface area contributed by atoms with E-state index >= 15 is 0 Å². The number of likely N-dealkylation sites (tertiary alicyclic amines) is 1. The van der Waals surface area contributed by atoms with Crippen molar-refractivity contribution in [3.8, 4) is 5.75 Å². The van der Waals surface area contributed by atoms with Gasteiger partial charge in [-0.15, -0.1) is 10.2 Å². The summed E-state index contributed by atoms with van der Waals surface area (Å²) in [6.45, 7) is 5.54. The lowest BCUT2D eigenvalue weighted by Crippen LogP contribution is -2.43. The van der Waals surface area contributed by atoms with Crippen LogP contribution >= 0.6 is 0 Å². The first-order valence-electron chi connectivity index (χ1n) is 9.35. The molecule has 0 spiro atoms. The van der Waals surface area contributed by atoms with Crippen molar-refractivity contribution in [2.45, 2.75) is 45.6 Å². The minimum Gasteiger partial charge on any atom is -0.494 e. The number of rotatable bonds is 6. The number of anilines is 2. The van der Waals surface area contributed by atoms with Crippen LogP contribution in [0.4, 0.5) is 11.5 Å². The number of carbonyl (C=O) groups is 1. The normalized spacial score (nSPS) is 17.0. The average molecular weight is 354 g/mol. The number of amides is 1. The molecule has 1 N–H and O–H groups in total. The number of nitrogens with zero attached hydrogens (tertiary/aromatic N) is 3. The fourth-order valence-corrected chi connectivity index (χ4v) is 3.30. The molecule has 6 nitrogen and oxygen atoms in total. The van der Waals surface area contributed by atoms with Gasteiger partial charge in [0.15, 0.2) is 11.5 Å². The third-order valence-electron chi connectivity index (χ3n) is 4.68. The lowest BCUT2D eigenvalue weighted by atomic mass is 9.99. The van der Waals surface area contributed by atoms with Crippen molar-refractivity contribution in [2.75, 3.05) is 18.5 Å². The molecular formula is C20H26N4O2. The van der Waals surface area contributed by atoms with Crippen molar-refractivity contribution < 1.29 is 9.53 Å². The molecule has 1 aromatic heterocycles. The van der Waals surface area contributed by atoms with Crippen LogP contribution in [0.3, 0.4) is 0 Å². The van der Waals surface area contributed by atoms with E-state index in [0.717, 1.165) is 37.2 Å². The quantitative estimate of drug-likeness (QED) is 0.848. The van der Waals surface area contributed by atoms with Crippen LogP contribution in [0.2, 0.25) is 0 Å². The standard InChI is InChI=1S/C20H26N4O2/c1-3-16-7-5-6-14-24(16)20(25)18-12-13-19(23-22-18)21-15-8-10-17(11-9-15)26-4-2/h8-13,16H,3-7,14H2,1-2H3,(H,21,23). The predicted octanol–water partition coefficient (Wildman–Crippen LogP) is 4.02. The van der Waals surface area contributed by atoms with Crippen molar-refractivity contribution >= 4 is 17.4 Å². The molecule has 6 heteroatoms. The largest absolute Gasteiger partial charge is 0.494 e. The van der Waals surface area contributed by atoms with E-state index in [1.54, 1.807) is 12.1 Å². The Labute approximate surface area is 154 Å². The lowest BCUT2D eigenvalue weighted by Gasteiger charge is -2.34. The summed E-state index contributed by atoms with van der Waals surface area (Å²) in [7, 11) is 0. The molecule has 0 radical (unpaired) electrons. The van der Waals surface area contributed by atoms with Crippen molar-refractivity contribution in [1.82, 2.24) is 15.1 Å². The van der Waals surface area contributed by atoms with Crippen LogP contribution in [0.15, 0.2) is 36.4 Å². The molecule has 26 heavy (non-hydrogen) atoms. The van der Waals surface area contributed by atoms with E-state index in [0.29, 0.717) is 24.2 Å². The van der Waals surface area contributed by atoms with Gasteiger partial charge in [-0.05, 0) is 69.0 Å². The van der Waals surface area contributed by atoms with Crippen LogP contribution in [-0.4, -0.2) is 40.2 Å². The van der Waals surface area contributed by atoms with Gasteiger partial charge in [-0.3, -0.25) is 4.79 Å². The van der Waals surface area contributed by atoms with E-state index in [2.05, 4.69) is 22.4 Å². The zero-order valence-corrected chi connectivity index (χ0v) is 15.4. The Balaban J connectivity index is 1.65. The summed E-state index contributed by atoms with van der Waals surface area (Å²) in [4.78, 5) is 14.7. The van der Waals surface area contributed by atoms with Crippen molar-refractivity contribution in [3.63, 3.8) is 0 Å². The number of nitrogens with one attached hydrogen (secondary N) is 1. The molecule has 2 aromatic rings. The Morgan fingerprint density at radius 1 is 1.15 bits per heavy atom. The number of benzene rings is 1. The van der Waals surface area contributed by atoms with Gasteiger partial charge in [0.05, 0.1) is 6.61 Å². The molecule has 1 amide bonds. The molecule has 1 atom stereocenters. The first kappa shape index (κ1) is 18.2. The average Bonchev–Trinajstić information content (AvgIpc) is 2.70. The van der Waals surface area contributed by atoms with Crippen LogP contribution in [-0.2, 0) is 0 Å². The fraction of sp³-hybridized carbons (Fsp3) is 0.450. The number of carbonyl (C=O) groups excluding carboxylic acids is 1. The maximum atomic E-state index is 12.7. The maximum absolute atomic E-state index is 12.7. The molecule has 138 valence electrons. The number of piperidine rings is 1. The monoisotopic (exact) mass is 354 g/mol. The molecule has 1 aliphatic rings. The van der Waals surface area contributed by atoms with Gasteiger partial charge in [-0.1, -0.05) is 6.92 Å². The minimum atomic E-state index is -0.0170. The molecule has 0 saturated carbocycles. The smallest absolute Gasteiger partial charge is 0.274 e. The zero-order chi connectivity index (χ0) is 18.4. The maximum Gasteiger partial charge on any atom is 0.274 e. The summed E-state index contributed by atoms with van der Waals surface area (Å²) in [5.74, 6) is 1.42. The van der Waals surface area contributed by atoms with Gasteiger partial charge >= 0.3 is 0 Å². The number of hydrogen-bond donors (Lipinski definition) is 1. The van der Waals surface area contributed by atoms with Crippen LogP contribution in [0.25, 0.3) is 0 Å². The Kier molecular flexibility index (Phi) is 6.04. The summed E-state index contributed by atoms with van der Waals surface area (Å²) in [5.41, 5.74) is 1.30. The first-order chi connectivity index (χ1) is 12.7. The Hall–Kier alpha value is -2.63. The molecular weight excluding hydrogens is 328 g/mol. The third kappa shape index (κ3) is 4.31. The van der Waals surface area contributed by atoms with E-state index < -0.39 is 0 Å². The van der Waals surface area contributed by atoms with Crippen LogP contribution in [0.5, 0.6) is 5.75 Å². The molecule has 0 bridgehead atoms. The minimum absolute atomic E-state index is 0.0170. The van der Waals surface area contributed by atoms with Gasteiger partial charge in [-0.25, -0.2) is 0 Å². The second kappa shape index (κ2) is 8.65. The van der Waals surface area contributed by atoms with E-state index in [9.17, 15) is 4.79 Å². The molecule has 1 aliphatic heterocycles. The van der Waals surface area contributed by atoms with Gasteiger partial charge < -0.3 is 15.0 Å². The van der Waals surface area contributed by atoms with Crippen molar-refractivity contribution in [2.24, 2.45) is 0 Å². The second-order valence-electron chi connectivity index (χ2n) is 6.44. The predicted molar refractivity (Wildman–Crippen MR) is 102 cm³/mol. The van der Waals surface area contributed by atoms with Gasteiger partial charge in [0.25, 0.3) is 5.91 Å². The Morgan fingerprint density at radius 3 is 2.62 bits per heavy atom. The topological polar surface area (TPSA) is 67.3 Å². The molecule has 1 aromatic carbocycles. The van der Waals surface area contributed by atoms with E-state index in [1.807, 2.05) is 36.1 Å². The highest BCUT2D eigenvalue weighted by molar-refractivity contribution is 5.92. The Bertz CT molecular complexity index is 716. The molecule has 2 heterocycles. The van der Waals surface area contributed by atoms with Crippen molar-refractivity contribution in [3.05, 3.63) is 42.1 Å². The van der Waals surface area contributed by atoms with Gasteiger partial charge in [0, 0.05) is 18.3 Å². The van der Waals surface area contributed by atoms with E-state index in [-0.39, 0.29) is 5.91 Å². The Morgan fingerprint density at radius 2 is 1.96 bits per heavy atom. The highest BCUT2D eigenvalue weighted by atomic mass is 16.5. The van der Waals surface area contributed by atoms with Crippen molar-refractivity contribution in [1.29, 1.82) is 0 Å². The number of hydrogen-bond acceptors (Lipinski definition) is 5. The number of aromatic nitrogens is 2.